The van der Waals surface area contributed by atoms with E-state index in [0.29, 0.717) is 27.2 Å². The van der Waals surface area contributed by atoms with Crippen LogP contribution in [0.5, 0.6) is 11.5 Å². The Labute approximate surface area is 183 Å². The van der Waals surface area contributed by atoms with Gasteiger partial charge >= 0.3 is 0 Å². The summed E-state index contributed by atoms with van der Waals surface area (Å²) in [6, 6.07) is 26.4. The van der Waals surface area contributed by atoms with E-state index in [-0.39, 0.29) is 0 Å². The van der Waals surface area contributed by atoms with Gasteiger partial charge in [0, 0.05) is 6.07 Å². The van der Waals surface area contributed by atoms with Crippen LogP contribution in [0.25, 0.3) is 22.1 Å². The van der Waals surface area contributed by atoms with E-state index in [9.17, 15) is 0 Å². The van der Waals surface area contributed by atoms with Crippen LogP contribution in [0.4, 0.5) is 11.4 Å². The number of nitrogens with zero attached hydrogens (tertiary/aromatic N) is 2. The molecule has 0 aliphatic heterocycles. The van der Waals surface area contributed by atoms with Gasteiger partial charge in [0.05, 0.1) is 43.5 Å². The first-order valence-corrected chi connectivity index (χ1v) is 10.1. The summed E-state index contributed by atoms with van der Waals surface area (Å²) in [6.07, 6.45) is 0. The first kappa shape index (κ1) is 18.7. The molecule has 1 N–H and O–H groups in total. The van der Waals surface area contributed by atoms with Crippen molar-refractivity contribution in [3.8, 4) is 11.5 Å². The van der Waals surface area contributed by atoms with Crippen molar-refractivity contribution in [1.82, 2.24) is 9.97 Å². The number of benzene rings is 4. The molecule has 5 rings (SSSR count). The van der Waals surface area contributed by atoms with Gasteiger partial charge in [0.1, 0.15) is 5.75 Å². The van der Waals surface area contributed by atoms with Gasteiger partial charge in [0.25, 0.3) is 0 Å². The van der Waals surface area contributed by atoms with Crippen LogP contribution >= 0.6 is 23.2 Å². The number of ether oxygens (including phenoxy) is 1. The summed E-state index contributed by atoms with van der Waals surface area (Å²) in [5.74, 6) is 1.12. The highest BCUT2D eigenvalue weighted by Crippen LogP contribution is 2.38. The van der Waals surface area contributed by atoms with E-state index < -0.39 is 0 Å². The zero-order valence-corrected chi connectivity index (χ0v) is 17.2. The number of halogens is 2. The molecule has 4 aromatic carbocycles. The molecule has 0 atom stereocenters. The molecular formula is C24H15Cl2N3O. The van der Waals surface area contributed by atoms with E-state index in [0.717, 1.165) is 27.8 Å². The monoisotopic (exact) mass is 431 g/mol. The molecule has 1 heterocycles. The number of fused-ring (bicyclic) bond motifs is 2. The highest BCUT2D eigenvalue weighted by Gasteiger charge is 2.13. The molecule has 0 saturated heterocycles. The molecule has 30 heavy (non-hydrogen) atoms. The Bertz CT molecular complexity index is 1280. The normalized spacial score (nSPS) is 11.0. The largest absolute Gasteiger partial charge is 0.454 e. The van der Waals surface area contributed by atoms with Crippen LogP contribution in [0.2, 0.25) is 10.0 Å². The first-order valence-electron chi connectivity index (χ1n) is 9.32. The van der Waals surface area contributed by atoms with Crippen molar-refractivity contribution in [2.45, 2.75) is 0 Å². The number of hydrogen-bond acceptors (Lipinski definition) is 4. The van der Waals surface area contributed by atoms with Crippen molar-refractivity contribution in [3.05, 3.63) is 95.0 Å². The predicted octanol–water partition coefficient (Wildman–Crippen LogP) is 7.63. The average molecular weight is 432 g/mol. The zero-order valence-electron chi connectivity index (χ0n) is 15.6. The molecule has 0 saturated carbocycles. The lowest BCUT2D eigenvalue weighted by atomic mass is 10.2. The molecule has 0 amide bonds. The van der Waals surface area contributed by atoms with Crippen LogP contribution in [0.3, 0.4) is 0 Å². The molecule has 0 fully saturated rings. The maximum Gasteiger partial charge on any atom is 0.153 e. The molecule has 0 bridgehead atoms. The van der Waals surface area contributed by atoms with E-state index in [1.807, 2.05) is 78.9 Å². The summed E-state index contributed by atoms with van der Waals surface area (Å²) < 4.78 is 6.17. The second-order valence-electron chi connectivity index (χ2n) is 6.69. The smallest absolute Gasteiger partial charge is 0.153 e. The van der Waals surface area contributed by atoms with Crippen molar-refractivity contribution in [1.29, 1.82) is 0 Å². The van der Waals surface area contributed by atoms with Crippen LogP contribution in [0, 0.1) is 0 Å². The van der Waals surface area contributed by atoms with Gasteiger partial charge in [0.2, 0.25) is 0 Å². The SMILES string of the molecule is Clc1ccccc1Nc1cc2nc3ccccc3nc2cc1Oc1ccccc1Cl. The van der Waals surface area contributed by atoms with Gasteiger partial charge in [-0.15, -0.1) is 0 Å². The summed E-state index contributed by atoms with van der Waals surface area (Å²) in [6.45, 7) is 0. The topological polar surface area (TPSA) is 47.0 Å². The van der Waals surface area contributed by atoms with Gasteiger partial charge in [-0.05, 0) is 42.5 Å². The number of nitrogens with one attached hydrogen (secondary N) is 1. The molecule has 4 nitrogen and oxygen atoms in total. The van der Waals surface area contributed by atoms with Gasteiger partial charge in [-0.3, -0.25) is 0 Å². The van der Waals surface area contributed by atoms with E-state index in [2.05, 4.69) is 5.32 Å². The lowest BCUT2D eigenvalue weighted by molar-refractivity contribution is 0.485. The van der Waals surface area contributed by atoms with Crippen LogP contribution in [0.1, 0.15) is 0 Å². The van der Waals surface area contributed by atoms with Gasteiger partial charge in [-0.25, -0.2) is 9.97 Å². The van der Waals surface area contributed by atoms with Crippen molar-refractivity contribution >= 4 is 56.6 Å². The Morgan fingerprint density at radius 1 is 0.567 bits per heavy atom. The molecule has 146 valence electrons. The Balaban J connectivity index is 1.68. The minimum atomic E-state index is 0.519. The van der Waals surface area contributed by atoms with Gasteiger partial charge in [0.15, 0.2) is 5.75 Å². The fourth-order valence-corrected chi connectivity index (χ4v) is 3.54. The number of hydrogen-bond donors (Lipinski definition) is 1. The lowest BCUT2D eigenvalue weighted by Gasteiger charge is -2.16. The minimum absolute atomic E-state index is 0.519. The highest BCUT2D eigenvalue weighted by atomic mass is 35.5. The Hall–Kier alpha value is -3.34. The third-order valence-electron chi connectivity index (χ3n) is 4.64. The van der Waals surface area contributed by atoms with Gasteiger partial charge in [-0.2, -0.15) is 0 Å². The fourth-order valence-electron chi connectivity index (χ4n) is 3.19. The standard InChI is InChI=1S/C24H15Cl2N3O/c25-15-7-1-3-9-17(15)27-22-13-20-21(29-19-11-5-4-10-18(19)28-20)14-24(22)30-23-12-6-2-8-16(23)26/h1-14,27H. The van der Waals surface area contributed by atoms with Gasteiger partial charge < -0.3 is 10.1 Å². The average Bonchev–Trinajstić information content (AvgIpc) is 2.76. The van der Waals surface area contributed by atoms with Gasteiger partial charge in [-0.1, -0.05) is 59.6 Å². The van der Waals surface area contributed by atoms with E-state index >= 15 is 0 Å². The third-order valence-corrected chi connectivity index (χ3v) is 5.28. The van der Waals surface area contributed by atoms with Crippen LogP contribution < -0.4 is 10.1 Å². The maximum atomic E-state index is 6.36. The summed E-state index contributed by atoms with van der Waals surface area (Å²) in [7, 11) is 0. The molecule has 5 aromatic rings. The number of para-hydroxylation sites is 4. The molecule has 0 radical (unpaired) electrons. The molecule has 0 aliphatic carbocycles. The summed E-state index contributed by atoms with van der Waals surface area (Å²) in [5.41, 5.74) is 4.58. The van der Waals surface area contributed by atoms with E-state index in [4.69, 9.17) is 37.9 Å². The minimum Gasteiger partial charge on any atom is -0.454 e. The molecular weight excluding hydrogens is 417 g/mol. The molecule has 0 unspecified atom stereocenters. The lowest BCUT2D eigenvalue weighted by Crippen LogP contribution is -1.97. The quantitative estimate of drug-likeness (QED) is 0.297. The number of rotatable bonds is 4. The van der Waals surface area contributed by atoms with E-state index in [1.54, 1.807) is 6.07 Å². The molecule has 0 spiro atoms. The third kappa shape index (κ3) is 3.63. The van der Waals surface area contributed by atoms with Crippen LogP contribution in [-0.2, 0) is 0 Å². The summed E-state index contributed by atoms with van der Waals surface area (Å²) >= 11 is 12.7. The Morgan fingerprint density at radius 3 is 1.87 bits per heavy atom. The Kier molecular flexibility index (Phi) is 4.87. The van der Waals surface area contributed by atoms with E-state index in [1.165, 1.54) is 0 Å². The fraction of sp³-hybridized carbons (Fsp3) is 0. The number of anilines is 2. The zero-order chi connectivity index (χ0) is 20.5. The molecule has 1 aromatic heterocycles. The highest BCUT2D eigenvalue weighted by molar-refractivity contribution is 6.33. The van der Waals surface area contributed by atoms with Crippen molar-refractivity contribution < 1.29 is 4.74 Å². The van der Waals surface area contributed by atoms with Crippen molar-refractivity contribution in [3.63, 3.8) is 0 Å². The Morgan fingerprint density at radius 2 is 1.17 bits per heavy atom. The van der Waals surface area contributed by atoms with Crippen LogP contribution in [0.15, 0.2) is 84.9 Å². The molecule has 6 heteroatoms. The van der Waals surface area contributed by atoms with Crippen molar-refractivity contribution in [2.75, 3.05) is 5.32 Å². The molecule has 0 aliphatic rings. The second kappa shape index (κ2) is 7.82. The number of aromatic nitrogens is 2. The summed E-state index contributed by atoms with van der Waals surface area (Å²) in [5, 5.41) is 4.47. The van der Waals surface area contributed by atoms with Crippen molar-refractivity contribution in [2.24, 2.45) is 0 Å². The predicted molar refractivity (Wildman–Crippen MR) is 123 cm³/mol. The van der Waals surface area contributed by atoms with Crippen LogP contribution in [-0.4, -0.2) is 9.97 Å². The first-order chi connectivity index (χ1) is 14.7. The summed E-state index contributed by atoms with van der Waals surface area (Å²) in [4.78, 5) is 9.49. The second-order valence-corrected chi connectivity index (χ2v) is 7.50. The maximum absolute atomic E-state index is 6.36.